The molecule has 1 aliphatic heterocycles. The van der Waals surface area contributed by atoms with Crippen molar-refractivity contribution >= 4 is 33.6 Å². The molecule has 0 bridgehead atoms. The SMILES string of the molecule is Cc1sc(NC(=O)c2cccs2)c([C@@H](c2ccncc2)N2CCN(C)CC2)c1C. The first-order valence-corrected chi connectivity index (χ1v) is 11.5. The zero-order valence-corrected chi connectivity index (χ0v) is 18.6. The fraction of sp³-hybridized carbons (Fsp3) is 0.364. The molecule has 152 valence electrons. The van der Waals surface area contributed by atoms with Crippen LogP contribution in [-0.2, 0) is 0 Å². The molecule has 29 heavy (non-hydrogen) atoms. The average Bonchev–Trinajstić information content (AvgIpc) is 3.35. The number of thiophene rings is 2. The number of pyridine rings is 1. The van der Waals surface area contributed by atoms with Crippen LogP contribution in [0, 0.1) is 13.8 Å². The molecule has 4 heterocycles. The molecule has 1 saturated heterocycles. The third kappa shape index (κ3) is 4.28. The molecule has 1 atom stereocenters. The number of likely N-dealkylation sites (N-methyl/N-ethyl adjacent to an activating group) is 1. The van der Waals surface area contributed by atoms with Crippen molar-refractivity contribution in [3.63, 3.8) is 0 Å². The first-order valence-electron chi connectivity index (χ1n) is 9.82. The molecule has 1 amide bonds. The summed E-state index contributed by atoms with van der Waals surface area (Å²) in [6.07, 6.45) is 3.72. The number of carbonyl (C=O) groups excluding carboxylic acids is 1. The first-order chi connectivity index (χ1) is 14.0. The molecule has 4 rings (SSSR count). The summed E-state index contributed by atoms with van der Waals surface area (Å²) in [5, 5.41) is 6.10. The number of aromatic nitrogens is 1. The van der Waals surface area contributed by atoms with Crippen LogP contribution in [0.25, 0.3) is 0 Å². The van der Waals surface area contributed by atoms with Crippen molar-refractivity contribution in [1.29, 1.82) is 0 Å². The molecule has 0 saturated carbocycles. The maximum atomic E-state index is 12.8. The van der Waals surface area contributed by atoms with Gasteiger partial charge in [-0.25, -0.2) is 0 Å². The Morgan fingerprint density at radius 2 is 1.86 bits per heavy atom. The zero-order chi connectivity index (χ0) is 20.4. The van der Waals surface area contributed by atoms with Gasteiger partial charge in [-0.15, -0.1) is 22.7 Å². The molecule has 7 heteroatoms. The van der Waals surface area contributed by atoms with Crippen molar-refractivity contribution in [1.82, 2.24) is 14.8 Å². The van der Waals surface area contributed by atoms with Gasteiger partial charge in [0.05, 0.1) is 10.9 Å². The van der Waals surface area contributed by atoms with Crippen molar-refractivity contribution in [2.24, 2.45) is 0 Å². The smallest absolute Gasteiger partial charge is 0.266 e. The molecule has 0 unspecified atom stereocenters. The summed E-state index contributed by atoms with van der Waals surface area (Å²) >= 11 is 3.14. The van der Waals surface area contributed by atoms with Crippen molar-refractivity contribution < 1.29 is 4.79 Å². The third-order valence-corrected chi connectivity index (χ3v) is 7.61. The molecule has 0 spiro atoms. The Hall–Kier alpha value is -2.06. The number of carbonyl (C=O) groups is 1. The van der Waals surface area contributed by atoms with E-state index in [1.165, 1.54) is 32.9 Å². The van der Waals surface area contributed by atoms with E-state index in [2.05, 4.69) is 53.1 Å². The number of hydrogen-bond donors (Lipinski definition) is 1. The van der Waals surface area contributed by atoms with E-state index in [4.69, 9.17) is 0 Å². The predicted molar refractivity (Wildman–Crippen MR) is 121 cm³/mol. The highest BCUT2D eigenvalue weighted by molar-refractivity contribution is 7.17. The monoisotopic (exact) mass is 426 g/mol. The van der Waals surface area contributed by atoms with Crippen LogP contribution in [0.3, 0.4) is 0 Å². The number of hydrogen-bond acceptors (Lipinski definition) is 6. The predicted octanol–water partition coefficient (Wildman–Crippen LogP) is 4.41. The van der Waals surface area contributed by atoms with E-state index in [1.54, 1.807) is 11.3 Å². The van der Waals surface area contributed by atoms with Crippen molar-refractivity contribution in [2.75, 3.05) is 38.5 Å². The molecule has 0 aromatic carbocycles. The van der Waals surface area contributed by atoms with Crippen LogP contribution < -0.4 is 5.32 Å². The van der Waals surface area contributed by atoms with E-state index in [1.807, 2.05) is 29.9 Å². The minimum atomic E-state index is -0.0330. The van der Waals surface area contributed by atoms with Crippen LogP contribution >= 0.6 is 22.7 Å². The van der Waals surface area contributed by atoms with Gasteiger partial charge < -0.3 is 10.2 Å². The molecule has 1 fully saturated rings. The molecule has 1 aliphatic rings. The average molecular weight is 427 g/mol. The summed E-state index contributed by atoms with van der Waals surface area (Å²) in [5.74, 6) is -0.0330. The van der Waals surface area contributed by atoms with Crippen LogP contribution in [0.15, 0.2) is 42.0 Å². The Kier molecular flexibility index (Phi) is 6.10. The van der Waals surface area contributed by atoms with Gasteiger partial charge in [0, 0.05) is 49.0 Å². The Morgan fingerprint density at radius 3 is 2.52 bits per heavy atom. The maximum absolute atomic E-state index is 12.8. The highest BCUT2D eigenvalue weighted by Gasteiger charge is 2.31. The fourth-order valence-corrected chi connectivity index (χ4v) is 5.53. The van der Waals surface area contributed by atoms with E-state index in [9.17, 15) is 4.79 Å². The minimum absolute atomic E-state index is 0.0330. The molecular weight excluding hydrogens is 400 g/mol. The van der Waals surface area contributed by atoms with Crippen LogP contribution in [0.1, 0.15) is 37.3 Å². The molecule has 0 radical (unpaired) electrons. The van der Waals surface area contributed by atoms with Crippen LogP contribution in [0.4, 0.5) is 5.00 Å². The Morgan fingerprint density at radius 1 is 1.14 bits per heavy atom. The van der Waals surface area contributed by atoms with Crippen molar-refractivity contribution in [3.8, 4) is 0 Å². The molecule has 3 aromatic heterocycles. The molecule has 1 N–H and O–H groups in total. The van der Waals surface area contributed by atoms with Gasteiger partial charge in [0.15, 0.2) is 0 Å². The third-order valence-electron chi connectivity index (χ3n) is 5.60. The zero-order valence-electron chi connectivity index (χ0n) is 17.0. The molecule has 5 nitrogen and oxygen atoms in total. The van der Waals surface area contributed by atoms with Gasteiger partial charge in [0.1, 0.15) is 5.00 Å². The van der Waals surface area contributed by atoms with Gasteiger partial charge in [0.2, 0.25) is 0 Å². The molecular formula is C22H26N4OS2. The van der Waals surface area contributed by atoms with Crippen LogP contribution in [0.2, 0.25) is 0 Å². The summed E-state index contributed by atoms with van der Waals surface area (Å²) in [6.45, 7) is 8.39. The van der Waals surface area contributed by atoms with Crippen LogP contribution in [-0.4, -0.2) is 53.9 Å². The lowest BCUT2D eigenvalue weighted by Gasteiger charge is -2.38. The summed E-state index contributed by atoms with van der Waals surface area (Å²) in [5.41, 5.74) is 3.70. The highest BCUT2D eigenvalue weighted by Crippen LogP contribution is 2.42. The van der Waals surface area contributed by atoms with Gasteiger partial charge in [-0.1, -0.05) is 6.07 Å². The maximum Gasteiger partial charge on any atom is 0.266 e. The topological polar surface area (TPSA) is 48.5 Å². The number of piperazine rings is 1. The lowest BCUT2D eigenvalue weighted by Crippen LogP contribution is -2.46. The Balaban J connectivity index is 1.75. The lowest BCUT2D eigenvalue weighted by atomic mass is 9.95. The number of amides is 1. The van der Waals surface area contributed by atoms with Crippen LogP contribution in [0.5, 0.6) is 0 Å². The van der Waals surface area contributed by atoms with Gasteiger partial charge in [-0.2, -0.15) is 0 Å². The van der Waals surface area contributed by atoms with E-state index in [0.717, 1.165) is 36.1 Å². The molecule has 0 aliphatic carbocycles. The first kappa shape index (κ1) is 20.2. The minimum Gasteiger partial charge on any atom is -0.313 e. The highest BCUT2D eigenvalue weighted by atomic mass is 32.1. The second-order valence-electron chi connectivity index (χ2n) is 7.48. The summed E-state index contributed by atoms with van der Waals surface area (Å²) < 4.78 is 0. The summed E-state index contributed by atoms with van der Waals surface area (Å²) in [6, 6.07) is 8.08. The normalized spacial score (nSPS) is 16.7. The Labute approximate surface area is 180 Å². The second-order valence-corrected chi connectivity index (χ2v) is 9.65. The van der Waals surface area contributed by atoms with E-state index < -0.39 is 0 Å². The quantitative estimate of drug-likeness (QED) is 0.657. The number of nitrogens with one attached hydrogen (secondary N) is 1. The van der Waals surface area contributed by atoms with E-state index in [0.29, 0.717) is 0 Å². The largest absolute Gasteiger partial charge is 0.313 e. The number of nitrogens with zero attached hydrogens (tertiary/aromatic N) is 3. The van der Waals surface area contributed by atoms with Gasteiger partial charge in [-0.05, 0) is 55.6 Å². The molecule has 3 aromatic rings. The fourth-order valence-electron chi connectivity index (χ4n) is 3.83. The van der Waals surface area contributed by atoms with E-state index in [-0.39, 0.29) is 11.9 Å². The van der Waals surface area contributed by atoms with E-state index >= 15 is 0 Å². The number of aryl methyl sites for hydroxylation is 1. The van der Waals surface area contributed by atoms with Crippen molar-refractivity contribution in [3.05, 3.63) is 68.5 Å². The second kappa shape index (κ2) is 8.75. The number of rotatable bonds is 5. The van der Waals surface area contributed by atoms with Gasteiger partial charge in [0.25, 0.3) is 5.91 Å². The van der Waals surface area contributed by atoms with Gasteiger partial charge >= 0.3 is 0 Å². The lowest BCUT2D eigenvalue weighted by molar-refractivity contribution is 0.103. The van der Waals surface area contributed by atoms with Crippen molar-refractivity contribution in [2.45, 2.75) is 19.9 Å². The van der Waals surface area contributed by atoms with Gasteiger partial charge in [-0.3, -0.25) is 14.7 Å². The number of anilines is 1. The standard InChI is InChI=1S/C22H26N4OS2/c1-15-16(2)29-22(24-21(27)18-5-4-14-28-18)19(15)20(17-6-8-23-9-7-17)26-12-10-25(3)11-13-26/h4-9,14,20H,10-13H2,1-3H3,(H,24,27)/t20-/m1/s1. The summed E-state index contributed by atoms with van der Waals surface area (Å²) in [7, 11) is 2.17. The Bertz CT molecular complexity index is 960. The summed E-state index contributed by atoms with van der Waals surface area (Å²) in [4.78, 5) is 23.9.